The van der Waals surface area contributed by atoms with E-state index in [1.165, 1.54) is 24.5 Å². The van der Waals surface area contributed by atoms with E-state index in [1.54, 1.807) is 45.0 Å². The molecule has 0 amide bonds. The first-order chi connectivity index (χ1) is 19.6. The van der Waals surface area contributed by atoms with Gasteiger partial charge in [0, 0.05) is 28.9 Å². The predicted molar refractivity (Wildman–Crippen MR) is 148 cm³/mol. The number of carbonyl (C=O) groups excluding carboxylic acids is 1. The molecule has 13 heteroatoms. The molecular formula is C29H27ClF4N4O4. The van der Waals surface area contributed by atoms with Crippen LogP contribution in [0.15, 0.2) is 48.8 Å². The number of nitrogens with zero attached hydrogens (tertiary/aromatic N) is 3. The molecule has 222 valence electrons. The molecule has 42 heavy (non-hydrogen) atoms. The Bertz CT molecular complexity index is 1630. The SMILES string of the molecule is Cc1nc2ccc(-c3cnc(C(C)(O)COC(=O)C(F)(F)F)nc3)cc2c(N[C@H](C)c2cc([C@@H](C)O)ccc2F)c1Cl. The molecule has 1 unspecified atom stereocenters. The fourth-order valence-electron chi connectivity index (χ4n) is 4.24. The number of fused-ring (bicyclic) bond motifs is 1. The van der Waals surface area contributed by atoms with Gasteiger partial charge in [-0.1, -0.05) is 23.7 Å². The largest absolute Gasteiger partial charge is 0.490 e. The molecule has 0 aliphatic heterocycles. The van der Waals surface area contributed by atoms with E-state index in [2.05, 4.69) is 25.0 Å². The number of alkyl halides is 3. The molecular weight excluding hydrogens is 580 g/mol. The van der Waals surface area contributed by atoms with E-state index in [0.717, 1.165) is 6.92 Å². The minimum Gasteiger partial charge on any atom is -0.455 e. The molecule has 8 nitrogen and oxygen atoms in total. The summed E-state index contributed by atoms with van der Waals surface area (Å²) in [5, 5.41) is 24.7. The van der Waals surface area contributed by atoms with Crippen LogP contribution in [0.1, 0.15) is 55.6 Å². The van der Waals surface area contributed by atoms with Gasteiger partial charge < -0.3 is 20.3 Å². The van der Waals surface area contributed by atoms with Gasteiger partial charge in [0.1, 0.15) is 12.4 Å². The van der Waals surface area contributed by atoms with Crippen molar-refractivity contribution in [2.45, 2.75) is 51.6 Å². The zero-order valence-electron chi connectivity index (χ0n) is 22.9. The van der Waals surface area contributed by atoms with Crippen molar-refractivity contribution in [2.24, 2.45) is 0 Å². The van der Waals surface area contributed by atoms with Crippen LogP contribution < -0.4 is 5.32 Å². The van der Waals surface area contributed by atoms with Gasteiger partial charge in [0.15, 0.2) is 11.4 Å². The summed E-state index contributed by atoms with van der Waals surface area (Å²) in [6.45, 7) is 5.21. The number of aromatic nitrogens is 3. The number of anilines is 1. The molecule has 0 aliphatic carbocycles. The fraction of sp³-hybridized carbons (Fsp3) is 0.310. The van der Waals surface area contributed by atoms with E-state index in [4.69, 9.17) is 11.6 Å². The smallest absolute Gasteiger partial charge is 0.455 e. The Morgan fingerprint density at radius 2 is 1.76 bits per heavy atom. The van der Waals surface area contributed by atoms with Crippen LogP contribution in [0.4, 0.5) is 23.2 Å². The van der Waals surface area contributed by atoms with Crippen LogP contribution in [-0.2, 0) is 15.1 Å². The quantitative estimate of drug-likeness (QED) is 0.157. The van der Waals surface area contributed by atoms with Crippen molar-refractivity contribution in [3.8, 4) is 11.1 Å². The number of halogens is 5. The van der Waals surface area contributed by atoms with Crippen molar-refractivity contribution >= 4 is 34.2 Å². The number of aliphatic hydroxyl groups is 2. The summed E-state index contributed by atoms with van der Waals surface area (Å²) in [6, 6.07) is 9.13. The Balaban J connectivity index is 1.66. The Hall–Kier alpha value is -3.87. The Labute approximate surface area is 243 Å². The van der Waals surface area contributed by atoms with Crippen molar-refractivity contribution in [1.82, 2.24) is 15.0 Å². The number of esters is 1. The molecule has 0 saturated heterocycles. The normalized spacial score (nSPS) is 14.7. The van der Waals surface area contributed by atoms with Crippen LogP contribution in [0.2, 0.25) is 5.02 Å². The molecule has 0 aliphatic rings. The number of hydrogen-bond donors (Lipinski definition) is 3. The standard InChI is InChI=1S/C29H27ClF4N4O4/c1-14(20-9-17(16(3)39)5-7-22(20)31)38-25-21-10-18(6-8-23(21)37-15(2)24(25)30)19-11-35-26(36-12-19)28(4,41)13-42-27(40)29(32,33)34/h5-12,14,16,39,41H,13H2,1-4H3,(H,37,38)/t14-,16-,28?/m1/s1. The number of benzene rings is 2. The van der Waals surface area contributed by atoms with Gasteiger partial charge >= 0.3 is 12.1 Å². The Morgan fingerprint density at radius 3 is 2.38 bits per heavy atom. The van der Waals surface area contributed by atoms with Crippen LogP contribution in [0.5, 0.6) is 0 Å². The molecule has 4 aromatic rings. The zero-order chi connectivity index (χ0) is 31.0. The number of hydrogen-bond acceptors (Lipinski definition) is 8. The predicted octanol–water partition coefficient (Wildman–Crippen LogP) is 6.33. The van der Waals surface area contributed by atoms with Gasteiger partial charge in [-0.2, -0.15) is 13.2 Å². The maximum absolute atomic E-state index is 14.7. The molecule has 2 aromatic heterocycles. The van der Waals surface area contributed by atoms with Crippen molar-refractivity contribution < 1.29 is 37.3 Å². The van der Waals surface area contributed by atoms with E-state index in [-0.39, 0.29) is 5.82 Å². The van der Waals surface area contributed by atoms with Crippen molar-refractivity contribution in [3.63, 3.8) is 0 Å². The minimum absolute atomic E-state index is 0.250. The minimum atomic E-state index is -5.20. The summed E-state index contributed by atoms with van der Waals surface area (Å²) >= 11 is 6.66. The first-order valence-corrected chi connectivity index (χ1v) is 13.1. The van der Waals surface area contributed by atoms with Gasteiger partial charge in [-0.15, -0.1) is 0 Å². The second-order valence-electron chi connectivity index (χ2n) is 10.1. The third kappa shape index (κ3) is 6.61. The fourth-order valence-corrected chi connectivity index (χ4v) is 4.44. The van der Waals surface area contributed by atoms with Crippen LogP contribution in [0.3, 0.4) is 0 Å². The third-order valence-electron chi connectivity index (χ3n) is 6.60. The molecule has 3 N–H and O–H groups in total. The van der Waals surface area contributed by atoms with Gasteiger partial charge in [0.2, 0.25) is 0 Å². The lowest BCUT2D eigenvalue weighted by Gasteiger charge is -2.22. The Morgan fingerprint density at radius 1 is 1.10 bits per heavy atom. The topological polar surface area (TPSA) is 117 Å². The van der Waals surface area contributed by atoms with Gasteiger partial charge in [-0.05, 0) is 63.1 Å². The summed E-state index contributed by atoms with van der Waals surface area (Å²) in [7, 11) is 0. The van der Waals surface area contributed by atoms with Crippen molar-refractivity contribution in [2.75, 3.05) is 11.9 Å². The van der Waals surface area contributed by atoms with Crippen LogP contribution >= 0.6 is 11.6 Å². The van der Waals surface area contributed by atoms with E-state index >= 15 is 0 Å². The molecule has 3 atom stereocenters. The molecule has 2 heterocycles. The lowest BCUT2D eigenvalue weighted by atomic mass is 10.0. The molecule has 2 aromatic carbocycles. The third-order valence-corrected chi connectivity index (χ3v) is 7.07. The number of rotatable bonds is 8. The van der Waals surface area contributed by atoms with Gasteiger partial charge in [-0.3, -0.25) is 4.98 Å². The molecule has 0 fully saturated rings. The van der Waals surface area contributed by atoms with Gasteiger partial charge in [-0.25, -0.2) is 19.2 Å². The Kier molecular flexibility index (Phi) is 8.72. The lowest BCUT2D eigenvalue weighted by Crippen LogP contribution is -2.35. The molecule has 4 rings (SSSR count). The monoisotopic (exact) mass is 606 g/mol. The van der Waals surface area contributed by atoms with Crippen molar-refractivity contribution in [1.29, 1.82) is 0 Å². The first kappa shape index (κ1) is 31.1. The number of ether oxygens (including phenoxy) is 1. The van der Waals surface area contributed by atoms with Crippen LogP contribution in [0, 0.1) is 12.7 Å². The maximum Gasteiger partial charge on any atom is 0.490 e. The molecule has 0 spiro atoms. The van der Waals surface area contributed by atoms with E-state index < -0.39 is 42.3 Å². The highest BCUT2D eigenvalue weighted by molar-refractivity contribution is 6.35. The summed E-state index contributed by atoms with van der Waals surface area (Å²) in [5.74, 6) is -3.14. The van der Waals surface area contributed by atoms with Gasteiger partial charge in [0.25, 0.3) is 0 Å². The van der Waals surface area contributed by atoms with E-state index in [1.807, 2.05) is 0 Å². The summed E-state index contributed by atoms with van der Waals surface area (Å²) in [5.41, 5.74) is 1.58. The summed E-state index contributed by atoms with van der Waals surface area (Å²) < 4.78 is 56.2. The van der Waals surface area contributed by atoms with Crippen molar-refractivity contribution in [3.05, 3.63) is 82.3 Å². The van der Waals surface area contributed by atoms with Crippen LogP contribution in [-0.4, -0.2) is 43.9 Å². The highest BCUT2D eigenvalue weighted by atomic mass is 35.5. The lowest BCUT2D eigenvalue weighted by molar-refractivity contribution is -0.205. The highest BCUT2D eigenvalue weighted by Crippen LogP contribution is 2.37. The van der Waals surface area contributed by atoms with E-state index in [0.29, 0.717) is 49.6 Å². The van der Waals surface area contributed by atoms with Gasteiger partial charge in [0.05, 0.1) is 34.1 Å². The van der Waals surface area contributed by atoms with E-state index in [9.17, 15) is 32.6 Å². The number of aryl methyl sites for hydroxylation is 1. The second-order valence-corrected chi connectivity index (χ2v) is 10.5. The number of pyridine rings is 1. The number of nitrogens with one attached hydrogen (secondary N) is 1. The molecule has 0 saturated carbocycles. The molecule has 0 bridgehead atoms. The average Bonchev–Trinajstić information content (AvgIpc) is 2.93. The first-order valence-electron chi connectivity index (χ1n) is 12.7. The molecule has 0 radical (unpaired) electrons. The van der Waals surface area contributed by atoms with Crippen LogP contribution in [0.25, 0.3) is 22.0 Å². The number of aliphatic hydroxyl groups excluding tert-OH is 1. The number of carbonyl (C=O) groups is 1. The average molecular weight is 607 g/mol. The highest BCUT2D eigenvalue weighted by Gasteiger charge is 2.42. The summed E-state index contributed by atoms with van der Waals surface area (Å²) in [6.07, 6.45) is -3.26. The zero-order valence-corrected chi connectivity index (χ0v) is 23.7. The maximum atomic E-state index is 14.7. The summed E-state index contributed by atoms with van der Waals surface area (Å²) in [4.78, 5) is 23.7. The second kappa shape index (κ2) is 11.8.